The molecule has 8 nitrogen and oxygen atoms in total. The molecule has 1 amide bonds. The van der Waals surface area contributed by atoms with Crippen molar-refractivity contribution < 1.29 is 4.79 Å². The molecule has 176 valence electrons. The fraction of sp³-hybridized carbons (Fsp3) is 0.385. The summed E-state index contributed by atoms with van der Waals surface area (Å²) < 4.78 is 0. The lowest BCUT2D eigenvalue weighted by molar-refractivity contribution is 0.0772. The van der Waals surface area contributed by atoms with Crippen LogP contribution in [-0.2, 0) is 13.0 Å². The second-order valence-corrected chi connectivity index (χ2v) is 9.26. The van der Waals surface area contributed by atoms with Crippen molar-refractivity contribution >= 4 is 23.4 Å². The van der Waals surface area contributed by atoms with Crippen molar-refractivity contribution in [2.45, 2.75) is 39.3 Å². The summed E-state index contributed by atoms with van der Waals surface area (Å²) in [4.78, 5) is 31.0. The first-order valence-corrected chi connectivity index (χ1v) is 11.9. The van der Waals surface area contributed by atoms with E-state index in [1.807, 2.05) is 30.3 Å². The largest absolute Gasteiger partial charge is 0.373 e. The van der Waals surface area contributed by atoms with Crippen LogP contribution in [0.2, 0.25) is 0 Å². The number of anilines is 3. The maximum absolute atomic E-state index is 12.9. The van der Waals surface area contributed by atoms with Crippen LogP contribution in [0.25, 0.3) is 0 Å². The van der Waals surface area contributed by atoms with Crippen LogP contribution >= 0.6 is 0 Å². The summed E-state index contributed by atoms with van der Waals surface area (Å²) in [6.07, 6.45) is 5.47. The molecule has 2 aliphatic rings. The number of rotatable bonds is 5. The van der Waals surface area contributed by atoms with Gasteiger partial charge in [0.2, 0.25) is 5.95 Å². The Morgan fingerprint density at radius 1 is 1.06 bits per heavy atom. The van der Waals surface area contributed by atoms with E-state index in [0.717, 1.165) is 56.2 Å². The molecule has 3 aromatic rings. The van der Waals surface area contributed by atoms with Gasteiger partial charge in [-0.05, 0) is 55.7 Å². The minimum absolute atomic E-state index is 0.0560. The normalized spacial score (nSPS) is 18.0. The average molecular weight is 458 g/mol. The molecule has 4 heterocycles. The van der Waals surface area contributed by atoms with Gasteiger partial charge in [0.25, 0.3) is 5.91 Å². The van der Waals surface area contributed by atoms with E-state index >= 15 is 0 Å². The second-order valence-electron chi connectivity index (χ2n) is 9.26. The molecule has 0 radical (unpaired) electrons. The fourth-order valence-electron chi connectivity index (χ4n) is 4.96. The number of hydrogen-bond acceptors (Lipinski definition) is 7. The predicted molar refractivity (Wildman–Crippen MR) is 133 cm³/mol. The number of aryl methyl sites for hydroxylation is 2. The SMILES string of the molecule is CNc1ccc(C(=O)N2CCC(N3CCc4nc(Nc5cc(C)cc(C)c5)ncc4C3)C2)cn1. The molecule has 2 aliphatic heterocycles. The van der Waals surface area contributed by atoms with E-state index in [1.54, 1.807) is 6.20 Å². The highest BCUT2D eigenvalue weighted by molar-refractivity contribution is 5.94. The Labute approximate surface area is 200 Å². The molecule has 1 saturated heterocycles. The Balaban J connectivity index is 1.21. The van der Waals surface area contributed by atoms with Crippen LogP contribution < -0.4 is 10.6 Å². The zero-order valence-corrected chi connectivity index (χ0v) is 20.0. The molecule has 2 aromatic heterocycles. The molecular weight excluding hydrogens is 426 g/mol. The monoisotopic (exact) mass is 457 g/mol. The van der Waals surface area contributed by atoms with Crippen LogP contribution in [0.15, 0.2) is 42.7 Å². The number of amides is 1. The number of nitrogens with one attached hydrogen (secondary N) is 2. The van der Waals surface area contributed by atoms with Crippen molar-refractivity contribution in [1.29, 1.82) is 0 Å². The number of carbonyl (C=O) groups is 1. The van der Waals surface area contributed by atoms with Gasteiger partial charge in [0.15, 0.2) is 0 Å². The minimum Gasteiger partial charge on any atom is -0.373 e. The molecule has 5 rings (SSSR count). The number of carbonyl (C=O) groups excluding carboxylic acids is 1. The summed E-state index contributed by atoms with van der Waals surface area (Å²) in [5.41, 5.74) is 6.37. The zero-order valence-electron chi connectivity index (χ0n) is 20.0. The quantitative estimate of drug-likeness (QED) is 0.606. The second kappa shape index (κ2) is 9.38. The molecule has 0 bridgehead atoms. The number of pyridine rings is 1. The number of benzene rings is 1. The van der Waals surface area contributed by atoms with Crippen molar-refractivity contribution in [2.24, 2.45) is 0 Å². The molecule has 8 heteroatoms. The molecule has 0 saturated carbocycles. The van der Waals surface area contributed by atoms with Crippen LogP contribution in [0.3, 0.4) is 0 Å². The zero-order chi connectivity index (χ0) is 23.7. The fourth-order valence-corrected chi connectivity index (χ4v) is 4.96. The van der Waals surface area contributed by atoms with Crippen molar-refractivity contribution in [3.05, 3.63) is 70.7 Å². The highest BCUT2D eigenvalue weighted by atomic mass is 16.2. The first kappa shape index (κ1) is 22.3. The van der Waals surface area contributed by atoms with Crippen LogP contribution in [0.4, 0.5) is 17.5 Å². The minimum atomic E-state index is 0.0560. The number of hydrogen-bond donors (Lipinski definition) is 2. The highest BCUT2D eigenvalue weighted by Crippen LogP contribution is 2.26. The third-order valence-electron chi connectivity index (χ3n) is 6.67. The van der Waals surface area contributed by atoms with Gasteiger partial charge in [-0.2, -0.15) is 0 Å². The van der Waals surface area contributed by atoms with Crippen LogP contribution in [-0.4, -0.2) is 63.4 Å². The van der Waals surface area contributed by atoms with Crippen molar-refractivity contribution in [2.75, 3.05) is 37.3 Å². The lowest BCUT2D eigenvalue weighted by Crippen LogP contribution is -2.42. The summed E-state index contributed by atoms with van der Waals surface area (Å²) >= 11 is 0. The lowest BCUT2D eigenvalue weighted by atomic mass is 10.0. The molecule has 2 N–H and O–H groups in total. The van der Waals surface area contributed by atoms with Gasteiger partial charge in [-0.3, -0.25) is 9.69 Å². The Bertz CT molecular complexity index is 1170. The van der Waals surface area contributed by atoms with Crippen molar-refractivity contribution in [3.63, 3.8) is 0 Å². The van der Waals surface area contributed by atoms with Gasteiger partial charge in [0, 0.05) is 69.3 Å². The van der Waals surface area contributed by atoms with Crippen molar-refractivity contribution in [3.8, 4) is 0 Å². The predicted octanol–water partition coefficient (Wildman–Crippen LogP) is 3.55. The summed E-state index contributed by atoms with van der Waals surface area (Å²) in [6.45, 7) is 7.47. The van der Waals surface area contributed by atoms with E-state index in [9.17, 15) is 4.79 Å². The number of likely N-dealkylation sites (tertiary alicyclic amines) is 1. The smallest absolute Gasteiger partial charge is 0.255 e. The van der Waals surface area contributed by atoms with E-state index in [-0.39, 0.29) is 5.91 Å². The van der Waals surface area contributed by atoms with Crippen molar-refractivity contribution in [1.82, 2.24) is 24.8 Å². The third-order valence-corrected chi connectivity index (χ3v) is 6.67. The Kier molecular flexibility index (Phi) is 6.15. The standard InChI is InChI=1S/C26H31N7O/c1-17-10-18(2)12-21(11-17)30-26-29-14-20-15-32(9-7-23(20)31-26)22-6-8-33(16-22)25(34)19-4-5-24(27-3)28-13-19/h4-5,10-14,22H,6-9,15-16H2,1-3H3,(H,27,28)(H,29,30,31). The maximum Gasteiger partial charge on any atom is 0.255 e. The summed E-state index contributed by atoms with van der Waals surface area (Å²) in [5.74, 6) is 1.46. The van der Waals surface area contributed by atoms with E-state index in [2.05, 4.69) is 57.5 Å². The molecule has 0 aliphatic carbocycles. The van der Waals surface area contributed by atoms with E-state index in [1.165, 1.54) is 16.7 Å². The van der Waals surface area contributed by atoms with Gasteiger partial charge >= 0.3 is 0 Å². The summed E-state index contributed by atoms with van der Waals surface area (Å²) in [7, 11) is 1.82. The van der Waals surface area contributed by atoms with Gasteiger partial charge in [-0.1, -0.05) is 6.07 Å². The van der Waals surface area contributed by atoms with Gasteiger partial charge < -0.3 is 15.5 Å². The molecule has 1 unspecified atom stereocenters. The number of nitrogens with zero attached hydrogens (tertiary/aromatic N) is 5. The van der Waals surface area contributed by atoms with Crippen LogP contribution in [0.1, 0.15) is 39.2 Å². The maximum atomic E-state index is 12.9. The van der Waals surface area contributed by atoms with Gasteiger partial charge in [0.1, 0.15) is 5.82 Å². The van der Waals surface area contributed by atoms with Crippen LogP contribution in [0.5, 0.6) is 0 Å². The Morgan fingerprint density at radius 2 is 1.88 bits per heavy atom. The lowest BCUT2D eigenvalue weighted by Gasteiger charge is -2.33. The van der Waals surface area contributed by atoms with Crippen LogP contribution in [0, 0.1) is 13.8 Å². The first-order chi connectivity index (χ1) is 16.5. The van der Waals surface area contributed by atoms with E-state index in [4.69, 9.17) is 4.98 Å². The van der Waals surface area contributed by atoms with Gasteiger partial charge in [-0.15, -0.1) is 0 Å². The first-order valence-electron chi connectivity index (χ1n) is 11.9. The molecule has 1 fully saturated rings. The summed E-state index contributed by atoms with van der Waals surface area (Å²) in [5, 5.41) is 6.34. The molecular formula is C26H31N7O. The molecule has 34 heavy (non-hydrogen) atoms. The third kappa shape index (κ3) is 4.72. The average Bonchev–Trinajstić information content (AvgIpc) is 3.33. The molecule has 1 aromatic carbocycles. The van der Waals surface area contributed by atoms with Gasteiger partial charge in [0.05, 0.1) is 11.3 Å². The van der Waals surface area contributed by atoms with E-state index < -0.39 is 0 Å². The van der Waals surface area contributed by atoms with E-state index in [0.29, 0.717) is 17.6 Å². The molecule has 1 atom stereocenters. The van der Waals surface area contributed by atoms with Gasteiger partial charge in [-0.25, -0.2) is 15.0 Å². The summed E-state index contributed by atoms with van der Waals surface area (Å²) in [6, 6.07) is 10.4. The Hall–Kier alpha value is -3.52. The highest BCUT2D eigenvalue weighted by Gasteiger charge is 2.33. The Morgan fingerprint density at radius 3 is 2.62 bits per heavy atom. The topological polar surface area (TPSA) is 86.3 Å². The molecule has 0 spiro atoms. The number of fused-ring (bicyclic) bond motifs is 1. The number of aromatic nitrogens is 3.